The molecule has 2 heterocycles. The van der Waals surface area contributed by atoms with Crippen LogP contribution in [-0.2, 0) is 6.54 Å². The lowest BCUT2D eigenvalue weighted by Gasteiger charge is -2.10. The van der Waals surface area contributed by atoms with Crippen LogP contribution < -0.4 is 11.1 Å². The van der Waals surface area contributed by atoms with Crippen LogP contribution in [0.1, 0.15) is 5.56 Å². The predicted octanol–water partition coefficient (Wildman–Crippen LogP) is 3.59. The Morgan fingerprint density at radius 3 is 2.90 bits per heavy atom. The van der Waals surface area contributed by atoms with Gasteiger partial charge in [-0.15, -0.1) is 0 Å². The normalized spacial score (nSPS) is 10.7. The Balaban J connectivity index is 2.02. The van der Waals surface area contributed by atoms with Crippen molar-refractivity contribution in [3.63, 3.8) is 0 Å². The van der Waals surface area contributed by atoms with Crippen molar-refractivity contribution in [3.05, 3.63) is 58.8 Å². The van der Waals surface area contributed by atoms with Gasteiger partial charge in [0, 0.05) is 29.1 Å². The fraction of sp³-hybridized carbons (Fsp3) is 0.0667. The molecule has 3 aromatic rings. The summed E-state index contributed by atoms with van der Waals surface area (Å²) in [4.78, 5) is 8.75. The maximum Gasteiger partial charge on any atom is 0.112 e. The van der Waals surface area contributed by atoms with Crippen LogP contribution in [0.5, 0.6) is 0 Å². The molecule has 0 amide bonds. The first-order chi connectivity index (χ1) is 9.76. The Hall–Kier alpha value is -1.98. The van der Waals surface area contributed by atoms with Gasteiger partial charge >= 0.3 is 0 Å². The Morgan fingerprint density at radius 2 is 2.05 bits per heavy atom. The number of nitrogens with two attached hydrogens (primary N) is 1. The molecule has 0 saturated carbocycles. The molecular formula is C15H13BrN4. The number of aromatic nitrogens is 2. The zero-order valence-electron chi connectivity index (χ0n) is 10.7. The van der Waals surface area contributed by atoms with E-state index in [9.17, 15) is 0 Å². The number of rotatable bonds is 3. The third-order valence-corrected chi connectivity index (χ3v) is 3.42. The summed E-state index contributed by atoms with van der Waals surface area (Å²) in [7, 11) is 0. The van der Waals surface area contributed by atoms with E-state index in [1.165, 1.54) is 0 Å². The second-order valence-electron chi connectivity index (χ2n) is 4.41. The van der Waals surface area contributed by atoms with Crippen molar-refractivity contribution in [2.24, 2.45) is 5.73 Å². The van der Waals surface area contributed by atoms with Gasteiger partial charge in [0.05, 0.1) is 11.2 Å². The largest absolute Gasteiger partial charge is 0.354 e. The van der Waals surface area contributed by atoms with Gasteiger partial charge in [-0.3, -0.25) is 9.97 Å². The molecule has 0 radical (unpaired) electrons. The molecule has 4 nitrogen and oxygen atoms in total. The van der Waals surface area contributed by atoms with Crippen molar-refractivity contribution < 1.29 is 0 Å². The fourth-order valence-corrected chi connectivity index (χ4v) is 2.36. The Bertz CT molecular complexity index is 758. The number of nitrogens with one attached hydrogen (secondary N) is 1. The van der Waals surface area contributed by atoms with Gasteiger partial charge in [0.15, 0.2) is 0 Å². The minimum atomic E-state index is 0.526. The predicted molar refractivity (Wildman–Crippen MR) is 84.9 cm³/mol. The first-order valence-electron chi connectivity index (χ1n) is 6.22. The molecule has 0 aliphatic carbocycles. The van der Waals surface area contributed by atoms with Crippen molar-refractivity contribution >= 4 is 38.3 Å². The highest BCUT2D eigenvalue weighted by atomic mass is 79.9. The monoisotopic (exact) mass is 328 g/mol. The van der Waals surface area contributed by atoms with Crippen LogP contribution in [0.25, 0.3) is 11.0 Å². The van der Waals surface area contributed by atoms with Crippen molar-refractivity contribution in [2.45, 2.75) is 6.54 Å². The van der Waals surface area contributed by atoms with Gasteiger partial charge in [-0.25, -0.2) is 0 Å². The summed E-state index contributed by atoms with van der Waals surface area (Å²) in [5.74, 6) is 0. The molecule has 5 heteroatoms. The highest BCUT2D eigenvalue weighted by Crippen LogP contribution is 2.25. The van der Waals surface area contributed by atoms with Crippen molar-refractivity contribution in [2.75, 3.05) is 5.32 Å². The van der Waals surface area contributed by atoms with E-state index in [2.05, 4.69) is 31.2 Å². The number of hydrogen-bond acceptors (Lipinski definition) is 4. The zero-order valence-corrected chi connectivity index (χ0v) is 12.3. The summed E-state index contributed by atoms with van der Waals surface area (Å²) in [5, 5.41) is 3.37. The molecule has 0 spiro atoms. The summed E-state index contributed by atoms with van der Waals surface area (Å²) in [6.07, 6.45) is 3.54. The Morgan fingerprint density at radius 1 is 1.15 bits per heavy atom. The topological polar surface area (TPSA) is 63.8 Å². The van der Waals surface area contributed by atoms with Crippen LogP contribution in [0.15, 0.2) is 53.3 Å². The molecule has 100 valence electrons. The molecule has 2 aromatic heterocycles. The summed E-state index contributed by atoms with van der Waals surface area (Å²) in [6, 6.07) is 11.9. The first-order valence-corrected chi connectivity index (χ1v) is 7.02. The van der Waals surface area contributed by atoms with Crippen molar-refractivity contribution in [1.82, 2.24) is 9.97 Å². The van der Waals surface area contributed by atoms with Crippen LogP contribution in [0.2, 0.25) is 0 Å². The summed E-state index contributed by atoms with van der Waals surface area (Å²) in [5.41, 5.74) is 10.4. The second-order valence-corrected chi connectivity index (χ2v) is 5.32. The lowest BCUT2D eigenvalue weighted by Crippen LogP contribution is -1.98. The number of anilines is 2. The first kappa shape index (κ1) is 13.0. The molecule has 3 N–H and O–H groups in total. The van der Waals surface area contributed by atoms with E-state index in [4.69, 9.17) is 5.73 Å². The number of nitrogens with zero attached hydrogens (tertiary/aromatic N) is 2. The molecule has 20 heavy (non-hydrogen) atoms. The third kappa shape index (κ3) is 2.64. The van der Waals surface area contributed by atoms with Crippen molar-refractivity contribution in [3.8, 4) is 0 Å². The van der Waals surface area contributed by atoms with Crippen LogP contribution in [0.3, 0.4) is 0 Å². The van der Waals surface area contributed by atoms with E-state index in [-0.39, 0.29) is 0 Å². The van der Waals surface area contributed by atoms with Gasteiger partial charge in [0.1, 0.15) is 5.52 Å². The second kappa shape index (κ2) is 5.56. The third-order valence-electron chi connectivity index (χ3n) is 2.99. The van der Waals surface area contributed by atoms with Gasteiger partial charge in [0.2, 0.25) is 0 Å². The number of fused-ring (bicyclic) bond motifs is 1. The standard InChI is InChI=1S/C15H13BrN4/c16-11-7-14-15(19-9-11)13(4-5-18-14)20-12-3-1-2-10(6-12)8-17/h1-7,9H,8,17H2,(H,18,20). The smallest absolute Gasteiger partial charge is 0.112 e. The molecule has 0 fully saturated rings. The van der Waals surface area contributed by atoms with Gasteiger partial charge in [-0.1, -0.05) is 12.1 Å². The summed E-state index contributed by atoms with van der Waals surface area (Å²) < 4.78 is 0.916. The van der Waals surface area contributed by atoms with E-state index >= 15 is 0 Å². The lowest BCUT2D eigenvalue weighted by atomic mass is 10.2. The Labute approximate surface area is 125 Å². The fourth-order valence-electron chi connectivity index (χ4n) is 2.04. The van der Waals surface area contributed by atoms with Crippen LogP contribution in [-0.4, -0.2) is 9.97 Å². The van der Waals surface area contributed by atoms with E-state index in [0.717, 1.165) is 32.4 Å². The lowest BCUT2D eigenvalue weighted by molar-refractivity contribution is 1.07. The summed E-state index contributed by atoms with van der Waals surface area (Å²) >= 11 is 3.41. The minimum Gasteiger partial charge on any atom is -0.354 e. The van der Waals surface area contributed by atoms with Gasteiger partial charge in [-0.05, 0) is 45.8 Å². The quantitative estimate of drug-likeness (QED) is 0.771. The molecule has 0 unspecified atom stereocenters. The van der Waals surface area contributed by atoms with E-state index in [1.54, 1.807) is 12.4 Å². The molecule has 0 aliphatic rings. The van der Waals surface area contributed by atoms with Crippen molar-refractivity contribution in [1.29, 1.82) is 0 Å². The van der Waals surface area contributed by atoms with Gasteiger partial charge < -0.3 is 11.1 Å². The maximum absolute atomic E-state index is 5.66. The highest BCUT2D eigenvalue weighted by molar-refractivity contribution is 9.10. The van der Waals surface area contributed by atoms with Gasteiger partial charge in [0.25, 0.3) is 0 Å². The highest BCUT2D eigenvalue weighted by Gasteiger charge is 2.04. The molecule has 0 aliphatic heterocycles. The molecule has 0 atom stereocenters. The van der Waals surface area contributed by atoms with E-state index in [0.29, 0.717) is 6.54 Å². The number of halogens is 1. The van der Waals surface area contributed by atoms with E-state index < -0.39 is 0 Å². The summed E-state index contributed by atoms with van der Waals surface area (Å²) in [6.45, 7) is 0.526. The SMILES string of the molecule is NCc1cccc(Nc2ccnc3cc(Br)cnc23)c1. The Kier molecular flexibility index (Phi) is 3.62. The number of hydrogen-bond donors (Lipinski definition) is 2. The number of pyridine rings is 2. The molecule has 0 bridgehead atoms. The van der Waals surface area contributed by atoms with E-state index in [1.807, 2.05) is 36.4 Å². The molecule has 3 rings (SSSR count). The van der Waals surface area contributed by atoms with Gasteiger partial charge in [-0.2, -0.15) is 0 Å². The van der Waals surface area contributed by atoms with Crippen LogP contribution in [0, 0.1) is 0 Å². The molecule has 1 aromatic carbocycles. The minimum absolute atomic E-state index is 0.526. The average molecular weight is 329 g/mol. The average Bonchev–Trinajstić information content (AvgIpc) is 2.47. The zero-order chi connectivity index (χ0) is 13.9. The maximum atomic E-state index is 5.66. The van der Waals surface area contributed by atoms with Crippen LogP contribution in [0.4, 0.5) is 11.4 Å². The number of benzene rings is 1. The molecule has 0 saturated heterocycles. The molecular weight excluding hydrogens is 316 g/mol. The van der Waals surface area contributed by atoms with Crippen LogP contribution >= 0.6 is 15.9 Å².